The Hall–Kier alpha value is -1.82. The fraction of sp³-hybridized carbons (Fsp3) is 0.154. The summed E-state index contributed by atoms with van der Waals surface area (Å²) in [6, 6.07) is 6.22. The third-order valence-electron chi connectivity index (χ3n) is 2.71. The zero-order chi connectivity index (χ0) is 14.0. The maximum absolute atomic E-state index is 13.7. The standard InChI is InChI=1S/C13H12BrFN2O2/c1-7-10(15)4-8(13(16)18)5-11(7)17-6-9-2-3-12(14)19-9/h2-5,17H,6H2,1H3,(H2,16,18). The number of anilines is 1. The second kappa shape index (κ2) is 5.44. The molecule has 0 saturated carbocycles. The van der Waals surface area contributed by atoms with Crippen molar-refractivity contribution in [2.75, 3.05) is 5.32 Å². The van der Waals surface area contributed by atoms with E-state index in [1.165, 1.54) is 6.07 Å². The molecular weight excluding hydrogens is 315 g/mol. The molecule has 0 bridgehead atoms. The van der Waals surface area contributed by atoms with Gasteiger partial charge in [0.25, 0.3) is 0 Å². The van der Waals surface area contributed by atoms with Gasteiger partial charge in [-0.05, 0) is 47.1 Å². The second-order valence-electron chi connectivity index (χ2n) is 4.05. The summed E-state index contributed by atoms with van der Waals surface area (Å²) < 4.78 is 19.6. The highest BCUT2D eigenvalue weighted by Crippen LogP contribution is 2.22. The van der Waals surface area contributed by atoms with Crippen LogP contribution in [0.4, 0.5) is 10.1 Å². The number of halogens is 2. The van der Waals surface area contributed by atoms with Crippen molar-refractivity contribution in [1.82, 2.24) is 0 Å². The number of primary amides is 1. The molecule has 0 aliphatic rings. The normalized spacial score (nSPS) is 10.5. The maximum atomic E-state index is 13.7. The molecule has 0 radical (unpaired) electrons. The number of carbonyl (C=O) groups excluding carboxylic acids is 1. The summed E-state index contributed by atoms with van der Waals surface area (Å²) >= 11 is 3.20. The first-order valence-electron chi connectivity index (χ1n) is 5.55. The minimum Gasteiger partial charge on any atom is -0.452 e. The van der Waals surface area contributed by atoms with E-state index in [4.69, 9.17) is 10.2 Å². The van der Waals surface area contributed by atoms with Gasteiger partial charge in [-0.2, -0.15) is 0 Å². The molecule has 6 heteroatoms. The van der Waals surface area contributed by atoms with Gasteiger partial charge in [-0.1, -0.05) is 0 Å². The summed E-state index contributed by atoms with van der Waals surface area (Å²) in [5, 5.41) is 3.02. The van der Waals surface area contributed by atoms with Gasteiger partial charge in [0.15, 0.2) is 4.67 Å². The molecule has 0 unspecified atom stereocenters. The molecule has 4 nitrogen and oxygen atoms in total. The van der Waals surface area contributed by atoms with Gasteiger partial charge in [0, 0.05) is 16.8 Å². The van der Waals surface area contributed by atoms with E-state index < -0.39 is 11.7 Å². The third-order valence-corrected chi connectivity index (χ3v) is 3.14. The molecule has 100 valence electrons. The molecule has 2 aromatic rings. The summed E-state index contributed by atoms with van der Waals surface area (Å²) in [6.45, 7) is 2.01. The second-order valence-corrected chi connectivity index (χ2v) is 4.84. The van der Waals surface area contributed by atoms with Crippen LogP contribution in [0.1, 0.15) is 21.7 Å². The van der Waals surface area contributed by atoms with Gasteiger partial charge in [-0.15, -0.1) is 0 Å². The van der Waals surface area contributed by atoms with Crippen LogP contribution in [-0.4, -0.2) is 5.91 Å². The zero-order valence-corrected chi connectivity index (χ0v) is 11.8. The quantitative estimate of drug-likeness (QED) is 0.906. The summed E-state index contributed by atoms with van der Waals surface area (Å²) in [5.41, 5.74) is 6.23. The van der Waals surface area contributed by atoms with Crippen LogP contribution < -0.4 is 11.1 Å². The maximum Gasteiger partial charge on any atom is 0.248 e. The number of hydrogen-bond donors (Lipinski definition) is 2. The lowest BCUT2D eigenvalue weighted by Gasteiger charge is -2.10. The van der Waals surface area contributed by atoms with Crippen molar-refractivity contribution < 1.29 is 13.6 Å². The largest absolute Gasteiger partial charge is 0.452 e. The fourth-order valence-corrected chi connectivity index (χ4v) is 1.97. The van der Waals surface area contributed by atoms with Crippen LogP contribution in [-0.2, 0) is 6.54 Å². The van der Waals surface area contributed by atoms with Gasteiger partial charge >= 0.3 is 0 Å². The Labute approximate surface area is 117 Å². The van der Waals surface area contributed by atoms with Crippen molar-refractivity contribution in [2.45, 2.75) is 13.5 Å². The molecule has 2 rings (SSSR count). The van der Waals surface area contributed by atoms with Crippen LogP contribution in [0.2, 0.25) is 0 Å². The summed E-state index contributed by atoms with van der Waals surface area (Å²) in [5.74, 6) is -0.446. The molecule has 0 fully saturated rings. The van der Waals surface area contributed by atoms with E-state index in [9.17, 15) is 9.18 Å². The molecular formula is C13H12BrFN2O2. The number of hydrogen-bond acceptors (Lipinski definition) is 3. The Balaban J connectivity index is 2.21. The van der Waals surface area contributed by atoms with Crippen molar-refractivity contribution in [1.29, 1.82) is 0 Å². The Morgan fingerprint density at radius 2 is 2.21 bits per heavy atom. The van der Waals surface area contributed by atoms with Gasteiger partial charge in [0.1, 0.15) is 11.6 Å². The van der Waals surface area contributed by atoms with E-state index in [0.717, 1.165) is 6.07 Å². The molecule has 3 N–H and O–H groups in total. The molecule has 1 aromatic heterocycles. The van der Waals surface area contributed by atoms with E-state index in [1.54, 1.807) is 19.1 Å². The average molecular weight is 327 g/mol. The van der Waals surface area contributed by atoms with Crippen molar-refractivity contribution in [3.63, 3.8) is 0 Å². The summed E-state index contributed by atoms with van der Waals surface area (Å²) in [4.78, 5) is 11.1. The van der Waals surface area contributed by atoms with Gasteiger partial charge in [0.05, 0.1) is 6.54 Å². The highest BCUT2D eigenvalue weighted by atomic mass is 79.9. The van der Waals surface area contributed by atoms with Crippen LogP contribution >= 0.6 is 15.9 Å². The number of nitrogens with one attached hydrogen (secondary N) is 1. The van der Waals surface area contributed by atoms with Crippen LogP contribution in [0.15, 0.2) is 33.4 Å². The lowest BCUT2D eigenvalue weighted by Crippen LogP contribution is -2.13. The number of amides is 1. The monoisotopic (exact) mass is 326 g/mol. The first kappa shape index (κ1) is 13.6. The van der Waals surface area contributed by atoms with E-state index in [1.807, 2.05) is 0 Å². The Kier molecular flexibility index (Phi) is 3.90. The first-order chi connectivity index (χ1) is 8.97. The van der Waals surface area contributed by atoms with Crippen molar-refractivity contribution in [2.24, 2.45) is 5.73 Å². The number of rotatable bonds is 4. The SMILES string of the molecule is Cc1c(F)cc(C(N)=O)cc1NCc1ccc(Br)o1. The highest BCUT2D eigenvalue weighted by molar-refractivity contribution is 9.10. The minimum atomic E-state index is -0.664. The van der Waals surface area contributed by atoms with E-state index in [-0.39, 0.29) is 5.56 Å². The van der Waals surface area contributed by atoms with E-state index in [0.29, 0.717) is 28.2 Å². The van der Waals surface area contributed by atoms with Gasteiger partial charge in [-0.25, -0.2) is 4.39 Å². The molecule has 0 saturated heterocycles. The van der Waals surface area contributed by atoms with Crippen LogP contribution in [0.25, 0.3) is 0 Å². The number of benzene rings is 1. The fourth-order valence-electron chi connectivity index (χ4n) is 1.63. The summed E-state index contributed by atoms with van der Waals surface area (Å²) in [7, 11) is 0. The average Bonchev–Trinajstić information content (AvgIpc) is 2.76. The molecule has 0 aliphatic heterocycles. The lowest BCUT2D eigenvalue weighted by molar-refractivity contribution is 0.1000. The van der Waals surface area contributed by atoms with Crippen molar-refractivity contribution >= 4 is 27.5 Å². The predicted octanol–water partition coefficient (Wildman–Crippen LogP) is 3.20. The van der Waals surface area contributed by atoms with Gasteiger partial charge in [0.2, 0.25) is 5.91 Å². The zero-order valence-electron chi connectivity index (χ0n) is 10.2. The van der Waals surface area contributed by atoms with Gasteiger partial charge in [-0.3, -0.25) is 4.79 Å². The molecule has 0 atom stereocenters. The summed E-state index contributed by atoms with van der Waals surface area (Å²) in [6.07, 6.45) is 0. The smallest absolute Gasteiger partial charge is 0.248 e. The van der Waals surface area contributed by atoms with Crippen LogP contribution in [0, 0.1) is 12.7 Å². The molecule has 0 spiro atoms. The van der Waals surface area contributed by atoms with E-state index in [2.05, 4.69) is 21.2 Å². The molecule has 0 aliphatic carbocycles. The Morgan fingerprint density at radius 3 is 2.79 bits per heavy atom. The van der Waals surface area contributed by atoms with Crippen molar-refractivity contribution in [3.8, 4) is 0 Å². The first-order valence-corrected chi connectivity index (χ1v) is 6.34. The third kappa shape index (κ3) is 3.14. The number of furan rings is 1. The van der Waals surface area contributed by atoms with Crippen LogP contribution in [0.5, 0.6) is 0 Å². The minimum absolute atomic E-state index is 0.131. The number of carbonyl (C=O) groups is 1. The molecule has 1 aromatic carbocycles. The van der Waals surface area contributed by atoms with Gasteiger partial charge < -0.3 is 15.5 Å². The highest BCUT2D eigenvalue weighted by Gasteiger charge is 2.10. The predicted molar refractivity (Wildman–Crippen MR) is 73.4 cm³/mol. The lowest BCUT2D eigenvalue weighted by atomic mass is 10.1. The van der Waals surface area contributed by atoms with Crippen molar-refractivity contribution in [3.05, 3.63) is 51.6 Å². The number of nitrogens with two attached hydrogens (primary N) is 1. The Bertz CT molecular complexity index is 625. The molecule has 1 heterocycles. The van der Waals surface area contributed by atoms with E-state index >= 15 is 0 Å². The molecule has 19 heavy (non-hydrogen) atoms. The topological polar surface area (TPSA) is 68.3 Å². The van der Waals surface area contributed by atoms with Crippen LogP contribution in [0.3, 0.4) is 0 Å². The molecule has 1 amide bonds. The Morgan fingerprint density at radius 1 is 1.47 bits per heavy atom.